The third-order valence-corrected chi connectivity index (χ3v) is 11.4. The number of halogens is 2. The number of unbranched alkanes of at least 4 members (excludes halogenated alkanes) is 3. The molecule has 3 saturated heterocycles. The summed E-state index contributed by atoms with van der Waals surface area (Å²) in [5, 5.41) is 9.46. The summed E-state index contributed by atoms with van der Waals surface area (Å²) in [5.74, 6) is -1.93. The smallest absolute Gasteiger partial charge is 0.310 e. The van der Waals surface area contributed by atoms with Gasteiger partial charge >= 0.3 is 5.97 Å². The minimum absolute atomic E-state index is 0.0133. The molecule has 3 unspecified atom stereocenters. The Morgan fingerprint density at radius 1 is 1.34 bits per heavy atom. The van der Waals surface area contributed by atoms with E-state index in [1.807, 2.05) is 19.1 Å². The van der Waals surface area contributed by atoms with Crippen LogP contribution < -0.4 is 4.90 Å². The lowest BCUT2D eigenvalue weighted by atomic mass is 9.71. The number of amides is 2. The molecule has 38 heavy (non-hydrogen) atoms. The lowest BCUT2D eigenvalue weighted by molar-refractivity contribution is -0.153. The van der Waals surface area contributed by atoms with Gasteiger partial charge in [-0.15, -0.1) is 18.3 Å². The second-order valence-corrected chi connectivity index (χ2v) is 13.4. The van der Waals surface area contributed by atoms with Gasteiger partial charge in [-0.25, -0.2) is 0 Å². The van der Waals surface area contributed by atoms with Crippen molar-refractivity contribution in [3.8, 4) is 0 Å². The van der Waals surface area contributed by atoms with Crippen molar-refractivity contribution < 1.29 is 24.2 Å². The molecule has 10 heteroatoms. The zero-order valence-electron chi connectivity index (χ0n) is 21.9. The van der Waals surface area contributed by atoms with Gasteiger partial charge in [0.2, 0.25) is 5.91 Å². The van der Waals surface area contributed by atoms with Gasteiger partial charge in [0.25, 0.3) is 5.91 Å². The maximum absolute atomic E-state index is 14.6. The van der Waals surface area contributed by atoms with Gasteiger partial charge in [0.15, 0.2) is 0 Å². The monoisotopic (exact) mass is 626 g/mol. The van der Waals surface area contributed by atoms with E-state index >= 15 is 0 Å². The number of alkyl halides is 1. The molecule has 1 aromatic carbocycles. The van der Waals surface area contributed by atoms with Crippen LogP contribution in [0.25, 0.3) is 0 Å². The van der Waals surface area contributed by atoms with E-state index in [9.17, 15) is 14.4 Å². The summed E-state index contributed by atoms with van der Waals surface area (Å²) in [6.07, 6.45) is 5.37. The van der Waals surface area contributed by atoms with Crippen LogP contribution in [0.5, 0.6) is 0 Å². The third-order valence-electron chi connectivity index (χ3n) is 7.93. The largest absolute Gasteiger partial charge is 0.466 e. The van der Waals surface area contributed by atoms with E-state index in [0.29, 0.717) is 36.5 Å². The Kier molecular flexibility index (Phi) is 9.54. The molecule has 7 nitrogen and oxygen atoms in total. The first-order valence-corrected chi connectivity index (χ1v) is 15.5. The van der Waals surface area contributed by atoms with Gasteiger partial charge in [0, 0.05) is 29.8 Å². The summed E-state index contributed by atoms with van der Waals surface area (Å²) in [4.78, 5) is 45.2. The summed E-state index contributed by atoms with van der Waals surface area (Å²) in [6, 6.07) is 4.76. The quantitative estimate of drug-likeness (QED) is 0.156. The number of benzene rings is 1. The van der Waals surface area contributed by atoms with Gasteiger partial charge in [0.05, 0.1) is 33.9 Å². The van der Waals surface area contributed by atoms with E-state index in [-0.39, 0.29) is 47.6 Å². The number of para-hydroxylation sites is 1. The van der Waals surface area contributed by atoms with Crippen molar-refractivity contribution in [1.29, 1.82) is 0 Å². The van der Waals surface area contributed by atoms with Gasteiger partial charge in [0.1, 0.15) is 6.04 Å². The van der Waals surface area contributed by atoms with Crippen molar-refractivity contribution >= 4 is 62.8 Å². The summed E-state index contributed by atoms with van der Waals surface area (Å²) in [5.41, 5.74) is 1.47. The Balaban J connectivity index is 1.76. The number of esters is 1. The van der Waals surface area contributed by atoms with Crippen molar-refractivity contribution in [2.24, 2.45) is 11.8 Å². The van der Waals surface area contributed by atoms with Crippen LogP contribution in [0.4, 0.5) is 5.69 Å². The summed E-state index contributed by atoms with van der Waals surface area (Å²) in [7, 11) is 0. The molecular formula is C28H36BrClN2O5S. The molecule has 3 fully saturated rings. The number of aryl methyl sites for hydroxylation is 1. The molecule has 0 radical (unpaired) electrons. The number of anilines is 1. The molecular weight excluding hydrogens is 592 g/mol. The number of carbonyl (C=O) groups is 3. The molecule has 0 aromatic heterocycles. The van der Waals surface area contributed by atoms with Crippen molar-refractivity contribution in [1.82, 2.24) is 4.90 Å². The molecule has 4 rings (SSSR count). The lowest BCUT2D eigenvalue weighted by Crippen LogP contribution is -2.55. The van der Waals surface area contributed by atoms with Crippen molar-refractivity contribution in [2.45, 2.75) is 66.8 Å². The Morgan fingerprint density at radius 3 is 2.74 bits per heavy atom. The minimum atomic E-state index is -0.747. The topological polar surface area (TPSA) is 87.2 Å². The van der Waals surface area contributed by atoms with E-state index in [1.165, 1.54) is 0 Å². The second kappa shape index (κ2) is 12.3. The van der Waals surface area contributed by atoms with Crippen molar-refractivity contribution in [2.75, 3.05) is 31.2 Å². The van der Waals surface area contributed by atoms with E-state index in [0.717, 1.165) is 18.4 Å². The van der Waals surface area contributed by atoms with E-state index in [1.54, 1.807) is 40.6 Å². The summed E-state index contributed by atoms with van der Waals surface area (Å²) >= 11 is 12.0. The summed E-state index contributed by atoms with van der Waals surface area (Å²) in [6.45, 7) is 8.58. The van der Waals surface area contributed by atoms with Crippen LogP contribution in [0.15, 0.2) is 30.9 Å². The zero-order chi connectivity index (χ0) is 27.6. The zero-order valence-corrected chi connectivity index (χ0v) is 25.1. The normalized spacial score (nSPS) is 29.4. The Hall–Kier alpha value is -1.55. The van der Waals surface area contributed by atoms with Gasteiger partial charge < -0.3 is 19.6 Å². The Morgan fingerprint density at radius 2 is 2.08 bits per heavy atom. The molecule has 1 aromatic rings. The van der Waals surface area contributed by atoms with Gasteiger partial charge in [-0.1, -0.05) is 58.6 Å². The van der Waals surface area contributed by atoms with E-state index in [4.69, 9.17) is 21.4 Å². The molecule has 0 saturated carbocycles. The maximum atomic E-state index is 14.6. The van der Waals surface area contributed by atoms with Crippen LogP contribution in [0, 0.1) is 18.8 Å². The molecule has 1 N–H and O–H groups in total. The Bertz CT molecular complexity index is 1070. The first-order chi connectivity index (χ1) is 18.2. The number of hydrogen-bond acceptors (Lipinski definition) is 6. The van der Waals surface area contributed by atoms with Crippen LogP contribution in [0.3, 0.4) is 0 Å². The number of likely N-dealkylation sites (tertiary alicyclic amines) is 1. The predicted octanol–water partition coefficient (Wildman–Crippen LogP) is 4.75. The van der Waals surface area contributed by atoms with Crippen molar-refractivity contribution in [3.63, 3.8) is 0 Å². The molecule has 3 heterocycles. The number of hydrogen-bond donors (Lipinski definition) is 1. The van der Waals surface area contributed by atoms with Crippen LogP contribution in [-0.4, -0.2) is 75.0 Å². The van der Waals surface area contributed by atoms with Crippen LogP contribution >= 0.6 is 39.3 Å². The van der Waals surface area contributed by atoms with E-state index < -0.39 is 22.6 Å². The number of nitrogens with zero attached hydrogens (tertiary/aromatic N) is 2. The fourth-order valence-electron chi connectivity index (χ4n) is 6.44. The highest BCUT2D eigenvalue weighted by Crippen LogP contribution is 2.68. The molecule has 3 aliphatic heterocycles. The lowest BCUT2D eigenvalue weighted by Gasteiger charge is -2.38. The number of ether oxygens (including phenoxy) is 1. The highest BCUT2D eigenvalue weighted by molar-refractivity contribution is 9.09. The molecule has 2 bridgehead atoms. The van der Waals surface area contributed by atoms with Crippen LogP contribution in [0.1, 0.15) is 44.6 Å². The standard InChI is InChI=1S/C28H36BrClN2O5S/c1-4-13-31(22-17(3)11-10-12-19(22)30)26(35)24-28-16-18(29)23(38-28)20(27(36)37-5-2)21(28)25(34)32(24)14-8-6-7-9-15-33/h4,10-12,18,20-21,23-24,33H,1,5-9,13-16H2,2-3H3/t18?,20-,21-,23-,24?,28?/m0/s1. The first kappa shape index (κ1) is 29.4. The van der Waals surface area contributed by atoms with Crippen LogP contribution in [-0.2, 0) is 19.1 Å². The summed E-state index contributed by atoms with van der Waals surface area (Å²) < 4.78 is 4.68. The SMILES string of the molecule is C=CCN(C(=O)C1N(CCCCCCO)C(=O)[C@@H]2[C@H](C(=O)OCC)[C@H]3SC12CC3Br)c1c(C)cccc1Cl. The fourth-order valence-corrected chi connectivity index (χ4v) is 10.4. The predicted molar refractivity (Wildman–Crippen MR) is 155 cm³/mol. The van der Waals surface area contributed by atoms with Gasteiger partial charge in [-0.3, -0.25) is 14.4 Å². The maximum Gasteiger partial charge on any atom is 0.310 e. The second-order valence-electron chi connectivity index (χ2n) is 10.2. The highest BCUT2D eigenvalue weighted by Gasteiger charge is 2.76. The first-order valence-electron chi connectivity index (χ1n) is 13.3. The highest BCUT2D eigenvalue weighted by atomic mass is 79.9. The third kappa shape index (κ3) is 5.04. The molecule has 2 amide bonds. The number of aliphatic hydroxyl groups is 1. The number of fused-ring (bicyclic) bond motifs is 1. The van der Waals surface area contributed by atoms with Gasteiger partial charge in [-0.05, 0) is 44.7 Å². The number of carbonyl (C=O) groups excluding carboxylic acids is 3. The van der Waals surface area contributed by atoms with Crippen molar-refractivity contribution in [3.05, 3.63) is 41.4 Å². The van der Waals surface area contributed by atoms with Gasteiger partial charge in [-0.2, -0.15) is 0 Å². The molecule has 3 aliphatic rings. The molecule has 6 atom stereocenters. The fraction of sp³-hybridized carbons (Fsp3) is 0.607. The van der Waals surface area contributed by atoms with Crippen LogP contribution in [0.2, 0.25) is 5.02 Å². The molecule has 0 aliphatic carbocycles. The average molecular weight is 628 g/mol. The minimum Gasteiger partial charge on any atom is -0.466 e. The van der Waals surface area contributed by atoms with E-state index in [2.05, 4.69) is 22.5 Å². The number of aliphatic hydroxyl groups excluding tert-OH is 1. The number of thioether (sulfide) groups is 1. The molecule has 208 valence electrons. The molecule has 1 spiro atoms. The number of rotatable bonds is 12. The Labute approximate surface area is 242 Å². The average Bonchev–Trinajstić information content (AvgIpc) is 3.46.